The van der Waals surface area contributed by atoms with E-state index in [1.807, 2.05) is 0 Å². The molecular weight excluding hydrogens is 255 g/mol. The average Bonchev–Trinajstić information content (AvgIpc) is 2.11. The molecule has 0 aliphatic rings. The molecule has 1 aromatic heterocycles. The average molecular weight is 259 g/mol. The molecule has 0 amide bonds. The summed E-state index contributed by atoms with van der Waals surface area (Å²) in [4.78, 5) is 0. The monoisotopic (exact) mass is 258 g/mol. The van der Waals surface area contributed by atoms with E-state index in [1.165, 1.54) is 6.07 Å². The highest BCUT2D eigenvalue weighted by Gasteiger charge is 2.16. The van der Waals surface area contributed by atoms with Crippen LogP contribution in [0.1, 0.15) is 5.56 Å². The lowest BCUT2D eigenvalue weighted by atomic mass is 10.4. The molecule has 0 aliphatic carbocycles. The molecule has 1 rings (SSSR count). The van der Waals surface area contributed by atoms with E-state index >= 15 is 0 Å². The Hall–Kier alpha value is 0.0600. The summed E-state index contributed by atoms with van der Waals surface area (Å²) in [5.74, 6) is 0. The maximum atomic E-state index is 12.3. The summed E-state index contributed by atoms with van der Waals surface area (Å²) in [6, 6.07) is 1.30. The van der Waals surface area contributed by atoms with Crippen LogP contribution in [-0.4, -0.2) is 8.42 Å². The minimum atomic E-state index is -4.52. The fourth-order valence-corrected chi connectivity index (χ4v) is 3.11. The maximum Gasteiger partial charge on any atom is 0.341 e. The fourth-order valence-electron chi connectivity index (χ4n) is 0.552. The molecule has 0 fully saturated rings. The van der Waals surface area contributed by atoms with Gasteiger partial charge in [0.1, 0.15) is 0 Å². The van der Waals surface area contributed by atoms with Crippen molar-refractivity contribution < 1.29 is 12.3 Å². The van der Waals surface area contributed by atoms with E-state index in [1.54, 1.807) is 6.92 Å². The van der Waals surface area contributed by atoms with Crippen LogP contribution in [0.2, 0.25) is 0 Å². The van der Waals surface area contributed by atoms with E-state index in [0.717, 1.165) is 16.9 Å². The van der Waals surface area contributed by atoms with Crippen molar-refractivity contribution in [1.29, 1.82) is 0 Å². The zero-order chi connectivity index (χ0) is 8.65. The molecule has 0 atom stereocenters. The normalized spacial score (nSPS) is 11.9. The molecule has 62 valence electrons. The summed E-state index contributed by atoms with van der Waals surface area (Å²) in [6.07, 6.45) is 0. The first kappa shape index (κ1) is 9.15. The molecule has 0 unspecified atom stereocenters. The predicted molar refractivity (Wildman–Crippen MR) is 45.0 cm³/mol. The van der Waals surface area contributed by atoms with E-state index in [-0.39, 0.29) is 4.21 Å². The van der Waals surface area contributed by atoms with Crippen LogP contribution < -0.4 is 0 Å². The van der Waals surface area contributed by atoms with E-state index in [0.29, 0.717) is 3.79 Å². The van der Waals surface area contributed by atoms with E-state index < -0.39 is 10.2 Å². The molecule has 1 aromatic rings. The molecule has 2 nitrogen and oxygen atoms in total. The summed E-state index contributed by atoms with van der Waals surface area (Å²) in [6.45, 7) is 1.70. The summed E-state index contributed by atoms with van der Waals surface area (Å²) < 4.78 is 33.3. The Labute approximate surface area is 76.4 Å². The number of rotatable bonds is 1. The van der Waals surface area contributed by atoms with Crippen LogP contribution >= 0.6 is 27.3 Å². The lowest BCUT2D eigenvalue weighted by Crippen LogP contribution is -1.85. The maximum absolute atomic E-state index is 12.3. The first-order valence-electron chi connectivity index (χ1n) is 2.62. The van der Waals surface area contributed by atoms with Crippen molar-refractivity contribution in [3.63, 3.8) is 0 Å². The fraction of sp³-hybridized carbons (Fsp3) is 0.200. The highest BCUT2D eigenvalue weighted by Crippen LogP contribution is 2.31. The van der Waals surface area contributed by atoms with Crippen LogP contribution in [0.3, 0.4) is 0 Å². The zero-order valence-electron chi connectivity index (χ0n) is 5.47. The third kappa shape index (κ3) is 2.00. The van der Waals surface area contributed by atoms with Crippen LogP contribution in [0.4, 0.5) is 3.89 Å². The van der Waals surface area contributed by atoms with Crippen LogP contribution in [0.25, 0.3) is 0 Å². The number of hydrogen-bond donors (Lipinski definition) is 0. The minimum Gasteiger partial charge on any atom is -0.188 e. The second kappa shape index (κ2) is 2.84. The van der Waals surface area contributed by atoms with Crippen molar-refractivity contribution in [2.45, 2.75) is 11.1 Å². The van der Waals surface area contributed by atoms with Gasteiger partial charge in [0, 0.05) is 0 Å². The van der Waals surface area contributed by atoms with Gasteiger partial charge in [-0.05, 0) is 34.5 Å². The third-order valence-electron chi connectivity index (χ3n) is 1.07. The molecule has 0 saturated heterocycles. The summed E-state index contributed by atoms with van der Waals surface area (Å²) in [5, 5.41) is 0. The number of hydrogen-bond acceptors (Lipinski definition) is 3. The highest BCUT2D eigenvalue weighted by molar-refractivity contribution is 9.11. The first-order chi connectivity index (χ1) is 4.91. The molecule has 0 N–H and O–H groups in total. The minimum absolute atomic E-state index is 0.248. The quantitative estimate of drug-likeness (QED) is 0.726. The molecule has 0 aliphatic heterocycles. The molecule has 1 heterocycles. The van der Waals surface area contributed by atoms with Crippen molar-refractivity contribution in [2.75, 3.05) is 0 Å². The van der Waals surface area contributed by atoms with Gasteiger partial charge in [-0.25, -0.2) is 0 Å². The van der Waals surface area contributed by atoms with Gasteiger partial charge in [-0.2, -0.15) is 8.42 Å². The molecule has 0 bridgehead atoms. The van der Waals surface area contributed by atoms with Crippen molar-refractivity contribution in [1.82, 2.24) is 0 Å². The lowest BCUT2D eigenvalue weighted by molar-refractivity contribution is 0.554. The van der Waals surface area contributed by atoms with Crippen molar-refractivity contribution >= 4 is 37.5 Å². The number of thiophene rings is 1. The van der Waals surface area contributed by atoms with Gasteiger partial charge in [0.15, 0.2) is 4.21 Å². The van der Waals surface area contributed by atoms with Gasteiger partial charge in [0.25, 0.3) is 0 Å². The van der Waals surface area contributed by atoms with Crippen molar-refractivity contribution in [3.8, 4) is 0 Å². The Morgan fingerprint density at radius 3 is 2.36 bits per heavy atom. The third-order valence-corrected chi connectivity index (χ3v) is 4.45. The molecule has 11 heavy (non-hydrogen) atoms. The summed E-state index contributed by atoms with van der Waals surface area (Å²) in [5.41, 5.74) is 0.728. The van der Waals surface area contributed by atoms with Crippen LogP contribution in [0.15, 0.2) is 14.1 Å². The Balaban J connectivity index is 3.29. The van der Waals surface area contributed by atoms with Crippen LogP contribution in [0.5, 0.6) is 0 Å². The van der Waals surface area contributed by atoms with E-state index in [2.05, 4.69) is 15.9 Å². The Bertz CT molecular complexity index is 348. The largest absolute Gasteiger partial charge is 0.341 e. The molecule has 0 aromatic carbocycles. The molecule has 0 spiro atoms. The van der Waals surface area contributed by atoms with Crippen LogP contribution in [-0.2, 0) is 10.2 Å². The van der Waals surface area contributed by atoms with Crippen LogP contribution in [0, 0.1) is 6.92 Å². The second-order valence-corrected chi connectivity index (χ2v) is 5.90. The van der Waals surface area contributed by atoms with E-state index in [9.17, 15) is 12.3 Å². The van der Waals surface area contributed by atoms with Gasteiger partial charge in [-0.1, -0.05) is 3.89 Å². The number of aryl methyl sites for hydroxylation is 1. The smallest absolute Gasteiger partial charge is 0.188 e. The summed E-state index contributed by atoms with van der Waals surface area (Å²) in [7, 11) is -4.52. The van der Waals surface area contributed by atoms with Gasteiger partial charge >= 0.3 is 10.2 Å². The van der Waals surface area contributed by atoms with Gasteiger partial charge in [0.05, 0.1) is 3.79 Å². The Morgan fingerprint density at radius 2 is 2.18 bits per heavy atom. The Kier molecular flexibility index (Phi) is 2.36. The number of halogens is 2. The van der Waals surface area contributed by atoms with Crippen molar-refractivity contribution in [2.24, 2.45) is 0 Å². The van der Waals surface area contributed by atoms with E-state index in [4.69, 9.17) is 0 Å². The molecule has 6 heteroatoms. The zero-order valence-corrected chi connectivity index (χ0v) is 8.69. The predicted octanol–water partition coefficient (Wildman–Crippen LogP) is 2.48. The molecular formula is C5H4BrFO2S2. The first-order valence-corrected chi connectivity index (χ1v) is 5.61. The summed E-state index contributed by atoms with van der Waals surface area (Å²) >= 11 is 3.97. The molecule has 0 radical (unpaired) electrons. The van der Waals surface area contributed by atoms with Gasteiger partial charge in [-0.3, -0.25) is 0 Å². The second-order valence-electron chi connectivity index (χ2n) is 1.96. The van der Waals surface area contributed by atoms with Crippen molar-refractivity contribution in [3.05, 3.63) is 15.4 Å². The topological polar surface area (TPSA) is 34.1 Å². The standard InChI is InChI=1S/C5H4BrFO2S2/c1-3-2-4(10-5(3)6)11(7,8)9/h2H,1H3. The molecule has 0 saturated carbocycles. The SMILES string of the molecule is Cc1cc(S(=O)(=O)F)sc1Br. The van der Waals surface area contributed by atoms with Gasteiger partial charge < -0.3 is 0 Å². The Morgan fingerprint density at radius 1 is 1.64 bits per heavy atom. The van der Waals surface area contributed by atoms with Gasteiger partial charge in [-0.15, -0.1) is 11.3 Å². The highest BCUT2D eigenvalue weighted by atomic mass is 79.9. The lowest BCUT2D eigenvalue weighted by Gasteiger charge is -1.82. The van der Waals surface area contributed by atoms with Gasteiger partial charge in [0.2, 0.25) is 0 Å².